The maximum atomic E-state index is 12.9. The average molecular weight is 1050 g/mol. The molecule has 0 bridgehead atoms. The molecule has 0 saturated carbocycles. The lowest BCUT2D eigenvalue weighted by molar-refractivity contribution is -0.167. The number of hydrogen-bond donors (Lipinski definition) is 0. The quantitative estimate of drug-likeness (QED) is 0.0261. The first-order valence-electron chi connectivity index (χ1n) is 32.1. The third-order valence-corrected chi connectivity index (χ3v) is 13.9. The fraction of sp³-hybridized carbons (Fsp3) is 0.754. The summed E-state index contributed by atoms with van der Waals surface area (Å²) in [5.41, 5.74) is 0. The Labute approximate surface area is 465 Å². The summed E-state index contributed by atoms with van der Waals surface area (Å²) in [6, 6.07) is 0. The molecule has 0 aromatic rings. The van der Waals surface area contributed by atoms with Crippen LogP contribution in [0.3, 0.4) is 0 Å². The van der Waals surface area contributed by atoms with Crippen LogP contribution in [0, 0.1) is 0 Å². The Kier molecular flexibility index (Phi) is 60.3. The standard InChI is InChI=1S/C69H120O6/c1-4-7-10-13-16-19-21-23-25-27-29-30-31-32-33-34-35-36-37-38-39-40-41-43-44-46-48-50-53-56-59-62-68(71)74-65-66(64-73-67(70)61-58-55-52-18-15-12-9-6-3)75-69(72)63-60-57-54-51-49-47-45-42-28-26-24-22-20-17-14-11-8-5-2/h7,10,16,19,23,25-26,28-30,32-33,35-36,66H,4-6,8-9,11-15,17-18,20-22,24,27,31,34,37-65H2,1-3H3/b10-7-,19-16-,25-23-,28-26-,30-29-,33-32-,36-35-. The van der Waals surface area contributed by atoms with Crippen LogP contribution in [0.4, 0.5) is 0 Å². The fourth-order valence-electron chi connectivity index (χ4n) is 9.09. The Morgan fingerprint density at radius 2 is 0.520 bits per heavy atom. The van der Waals surface area contributed by atoms with Crippen LogP contribution in [0.5, 0.6) is 0 Å². The highest BCUT2D eigenvalue weighted by Crippen LogP contribution is 2.16. The van der Waals surface area contributed by atoms with E-state index >= 15 is 0 Å². The van der Waals surface area contributed by atoms with Crippen LogP contribution in [-0.4, -0.2) is 37.2 Å². The first kappa shape index (κ1) is 71.6. The smallest absolute Gasteiger partial charge is 0.306 e. The third-order valence-electron chi connectivity index (χ3n) is 13.9. The molecule has 1 unspecified atom stereocenters. The van der Waals surface area contributed by atoms with E-state index in [0.29, 0.717) is 19.3 Å². The monoisotopic (exact) mass is 1040 g/mol. The molecule has 0 aliphatic rings. The van der Waals surface area contributed by atoms with Crippen molar-refractivity contribution in [2.75, 3.05) is 13.2 Å². The van der Waals surface area contributed by atoms with E-state index in [1.807, 2.05) is 0 Å². The summed E-state index contributed by atoms with van der Waals surface area (Å²) < 4.78 is 16.9. The van der Waals surface area contributed by atoms with Crippen LogP contribution in [0.1, 0.15) is 316 Å². The van der Waals surface area contributed by atoms with Crippen LogP contribution in [-0.2, 0) is 28.6 Å². The number of ether oxygens (including phenoxy) is 3. The normalized spacial score (nSPS) is 12.6. The predicted molar refractivity (Wildman–Crippen MR) is 325 cm³/mol. The minimum Gasteiger partial charge on any atom is -0.462 e. The summed E-state index contributed by atoms with van der Waals surface area (Å²) in [5, 5.41) is 0. The summed E-state index contributed by atoms with van der Waals surface area (Å²) >= 11 is 0. The molecule has 432 valence electrons. The van der Waals surface area contributed by atoms with E-state index < -0.39 is 6.10 Å². The molecule has 0 spiro atoms. The van der Waals surface area contributed by atoms with Crippen molar-refractivity contribution in [3.05, 3.63) is 85.1 Å². The number of esters is 3. The molecular weight excluding hydrogens is 925 g/mol. The lowest BCUT2D eigenvalue weighted by Gasteiger charge is -2.18. The molecule has 0 aromatic carbocycles. The summed E-state index contributed by atoms with van der Waals surface area (Å²) in [6.45, 7) is 6.52. The molecule has 0 radical (unpaired) electrons. The highest BCUT2D eigenvalue weighted by Gasteiger charge is 2.19. The van der Waals surface area contributed by atoms with Gasteiger partial charge in [0.15, 0.2) is 6.10 Å². The van der Waals surface area contributed by atoms with E-state index in [1.54, 1.807) is 0 Å². The van der Waals surface area contributed by atoms with Crippen molar-refractivity contribution >= 4 is 17.9 Å². The summed E-state index contributed by atoms with van der Waals surface area (Å²) in [5.74, 6) is -0.874. The van der Waals surface area contributed by atoms with E-state index in [-0.39, 0.29) is 31.1 Å². The highest BCUT2D eigenvalue weighted by atomic mass is 16.6. The van der Waals surface area contributed by atoms with Crippen LogP contribution in [0.25, 0.3) is 0 Å². The molecule has 0 heterocycles. The van der Waals surface area contributed by atoms with Gasteiger partial charge in [-0.25, -0.2) is 0 Å². The third kappa shape index (κ3) is 61.3. The maximum absolute atomic E-state index is 12.9. The van der Waals surface area contributed by atoms with Gasteiger partial charge in [-0.05, 0) is 96.3 Å². The Morgan fingerprint density at radius 3 is 0.827 bits per heavy atom. The van der Waals surface area contributed by atoms with Gasteiger partial charge in [0.2, 0.25) is 0 Å². The van der Waals surface area contributed by atoms with Crippen molar-refractivity contribution in [2.45, 2.75) is 322 Å². The summed E-state index contributed by atoms with van der Waals surface area (Å²) in [7, 11) is 0. The van der Waals surface area contributed by atoms with Crippen molar-refractivity contribution in [3.8, 4) is 0 Å². The van der Waals surface area contributed by atoms with E-state index in [1.165, 1.54) is 180 Å². The number of unbranched alkanes of at least 4 members (excludes halogenated alkanes) is 33. The van der Waals surface area contributed by atoms with Gasteiger partial charge in [0.1, 0.15) is 13.2 Å². The second-order valence-corrected chi connectivity index (χ2v) is 21.3. The van der Waals surface area contributed by atoms with Crippen molar-refractivity contribution in [3.63, 3.8) is 0 Å². The van der Waals surface area contributed by atoms with Crippen molar-refractivity contribution in [2.24, 2.45) is 0 Å². The van der Waals surface area contributed by atoms with Crippen LogP contribution >= 0.6 is 0 Å². The molecule has 1 atom stereocenters. The van der Waals surface area contributed by atoms with Gasteiger partial charge >= 0.3 is 17.9 Å². The van der Waals surface area contributed by atoms with Gasteiger partial charge < -0.3 is 14.2 Å². The number of carbonyl (C=O) groups is 3. The number of rotatable bonds is 58. The Balaban J connectivity index is 4.13. The topological polar surface area (TPSA) is 78.9 Å². The highest BCUT2D eigenvalue weighted by molar-refractivity contribution is 5.71. The largest absolute Gasteiger partial charge is 0.462 e. The Hall–Kier alpha value is -3.41. The first-order valence-corrected chi connectivity index (χ1v) is 32.1. The second-order valence-electron chi connectivity index (χ2n) is 21.3. The Bertz CT molecular complexity index is 1430. The van der Waals surface area contributed by atoms with Gasteiger partial charge in [-0.3, -0.25) is 14.4 Å². The minimum absolute atomic E-state index is 0.0751. The molecule has 0 N–H and O–H groups in total. The van der Waals surface area contributed by atoms with Gasteiger partial charge in [0, 0.05) is 19.3 Å². The zero-order valence-electron chi connectivity index (χ0n) is 49.6. The lowest BCUT2D eigenvalue weighted by Crippen LogP contribution is -2.30. The molecule has 0 aromatic heterocycles. The molecule has 0 aliphatic heterocycles. The fourth-order valence-corrected chi connectivity index (χ4v) is 9.09. The number of allylic oxidation sites excluding steroid dienone is 14. The van der Waals surface area contributed by atoms with Crippen molar-refractivity contribution < 1.29 is 28.6 Å². The van der Waals surface area contributed by atoms with Crippen LogP contribution in [0.15, 0.2) is 85.1 Å². The predicted octanol–water partition coefficient (Wildman–Crippen LogP) is 21.9. The molecule has 6 heteroatoms. The van der Waals surface area contributed by atoms with Gasteiger partial charge in [-0.2, -0.15) is 0 Å². The SMILES string of the molecule is CC/C=C\C/C=C\C/C=C\C/C=C\C/C=C\C/C=C\CCCCCCCCCCCCCCC(=O)OCC(COC(=O)CCCCCCCCCC)OC(=O)CCCCCCCCC/C=C\CCCCCCCCC. The molecule has 0 fully saturated rings. The van der Waals surface area contributed by atoms with Crippen molar-refractivity contribution in [1.29, 1.82) is 0 Å². The molecule has 6 nitrogen and oxygen atoms in total. The van der Waals surface area contributed by atoms with Gasteiger partial charge in [0.05, 0.1) is 0 Å². The van der Waals surface area contributed by atoms with Gasteiger partial charge in [-0.1, -0.05) is 286 Å². The molecule has 0 amide bonds. The zero-order valence-corrected chi connectivity index (χ0v) is 49.6. The molecule has 75 heavy (non-hydrogen) atoms. The summed E-state index contributed by atoms with van der Waals surface area (Å²) in [6.07, 6.45) is 83.2. The first-order chi connectivity index (χ1) is 37.0. The van der Waals surface area contributed by atoms with E-state index in [2.05, 4.69) is 106 Å². The van der Waals surface area contributed by atoms with E-state index in [4.69, 9.17) is 14.2 Å². The maximum Gasteiger partial charge on any atom is 0.306 e. The van der Waals surface area contributed by atoms with Gasteiger partial charge in [0.25, 0.3) is 0 Å². The second kappa shape index (κ2) is 63.1. The summed E-state index contributed by atoms with van der Waals surface area (Å²) in [4.78, 5) is 38.1. The number of carbonyl (C=O) groups excluding carboxylic acids is 3. The van der Waals surface area contributed by atoms with Crippen molar-refractivity contribution in [1.82, 2.24) is 0 Å². The Morgan fingerprint density at radius 1 is 0.280 bits per heavy atom. The zero-order chi connectivity index (χ0) is 54.3. The van der Waals surface area contributed by atoms with E-state index in [9.17, 15) is 14.4 Å². The number of hydrogen-bond acceptors (Lipinski definition) is 6. The molecule has 0 aliphatic carbocycles. The van der Waals surface area contributed by atoms with Crippen LogP contribution in [0.2, 0.25) is 0 Å². The molecule has 0 saturated heterocycles. The molecule has 0 rings (SSSR count). The average Bonchev–Trinajstić information content (AvgIpc) is 3.41. The minimum atomic E-state index is -0.776. The van der Waals surface area contributed by atoms with E-state index in [0.717, 1.165) is 96.3 Å². The van der Waals surface area contributed by atoms with Crippen LogP contribution < -0.4 is 0 Å². The lowest BCUT2D eigenvalue weighted by atomic mass is 10.0. The molecular formula is C69H120O6. The van der Waals surface area contributed by atoms with Gasteiger partial charge in [-0.15, -0.1) is 0 Å².